The van der Waals surface area contributed by atoms with Gasteiger partial charge in [0.2, 0.25) is 5.95 Å². The van der Waals surface area contributed by atoms with Gasteiger partial charge in [-0.2, -0.15) is 5.10 Å². The predicted octanol–water partition coefficient (Wildman–Crippen LogP) is 4.08. The fourth-order valence-electron chi connectivity index (χ4n) is 3.49. The molecule has 3 aromatic heterocycles. The van der Waals surface area contributed by atoms with E-state index in [4.69, 9.17) is 9.47 Å². The van der Waals surface area contributed by atoms with Crippen molar-refractivity contribution in [2.75, 3.05) is 11.9 Å². The molecule has 11 nitrogen and oxygen atoms in total. The van der Waals surface area contributed by atoms with Gasteiger partial charge in [0.25, 0.3) is 6.43 Å². The van der Waals surface area contributed by atoms with Gasteiger partial charge in [-0.25, -0.2) is 27.9 Å². The molecule has 1 saturated heterocycles. The van der Waals surface area contributed by atoms with E-state index in [1.807, 2.05) is 0 Å². The van der Waals surface area contributed by atoms with Crippen LogP contribution in [0.3, 0.4) is 0 Å². The zero-order valence-electron chi connectivity index (χ0n) is 19.2. The molecule has 3 atom stereocenters. The first kappa shape index (κ1) is 26.5. The number of amides is 1. The van der Waals surface area contributed by atoms with Gasteiger partial charge in [0, 0.05) is 24.4 Å². The first-order valence-corrected chi connectivity index (χ1v) is 10.8. The Bertz CT molecular complexity index is 1250. The second kappa shape index (κ2) is 10.4. The molecule has 17 heteroatoms. The molecule has 0 radical (unpaired) electrons. The van der Waals surface area contributed by atoms with E-state index in [0.717, 1.165) is 16.7 Å². The molecule has 0 bridgehead atoms. The number of ether oxygens (including phenoxy) is 3. The number of alkyl halides is 6. The van der Waals surface area contributed by atoms with Crippen LogP contribution in [-0.2, 0) is 20.8 Å². The quantitative estimate of drug-likeness (QED) is 0.367. The summed E-state index contributed by atoms with van der Waals surface area (Å²) in [7, 11) is 0. The molecular formula is C20H21F6N7O4. The molecular weight excluding hydrogens is 516 g/mol. The van der Waals surface area contributed by atoms with Crippen LogP contribution in [0.1, 0.15) is 43.5 Å². The maximum Gasteiger partial charge on any atom is 0.522 e. The van der Waals surface area contributed by atoms with Crippen molar-refractivity contribution in [3.05, 3.63) is 35.4 Å². The number of hydrogen-bond acceptors (Lipinski definition) is 8. The summed E-state index contributed by atoms with van der Waals surface area (Å²) >= 11 is 0. The number of aromatic nitrogens is 5. The molecule has 1 aliphatic heterocycles. The van der Waals surface area contributed by atoms with E-state index in [-0.39, 0.29) is 41.4 Å². The van der Waals surface area contributed by atoms with Gasteiger partial charge in [0.15, 0.2) is 18.1 Å². The van der Waals surface area contributed by atoms with Crippen LogP contribution in [0.4, 0.5) is 42.9 Å². The van der Waals surface area contributed by atoms with E-state index in [1.165, 1.54) is 6.07 Å². The van der Waals surface area contributed by atoms with E-state index in [0.29, 0.717) is 0 Å². The highest BCUT2D eigenvalue weighted by atomic mass is 19.4. The van der Waals surface area contributed by atoms with Crippen molar-refractivity contribution in [1.29, 1.82) is 0 Å². The minimum Gasteiger partial charge on any atom is -0.441 e. The molecule has 202 valence electrons. The second-order valence-electron chi connectivity index (χ2n) is 8.27. The van der Waals surface area contributed by atoms with Crippen LogP contribution in [0.15, 0.2) is 18.3 Å². The Hall–Kier alpha value is -3.60. The molecule has 1 amide bonds. The van der Waals surface area contributed by atoms with Crippen LogP contribution >= 0.6 is 0 Å². The van der Waals surface area contributed by atoms with Crippen molar-refractivity contribution in [3.8, 4) is 0 Å². The summed E-state index contributed by atoms with van der Waals surface area (Å²) in [4.78, 5) is 19.4. The number of imidazole rings is 1. The summed E-state index contributed by atoms with van der Waals surface area (Å²) < 4.78 is 94.0. The molecule has 0 spiro atoms. The van der Waals surface area contributed by atoms with Crippen LogP contribution in [0.25, 0.3) is 5.65 Å². The highest BCUT2D eigenvalue weighted by molar-refractivity contribution is 5.67. The van der Waals surface area contributed by atoms with Crippen molar-refractivity contribution in [2.24, 2.45) is 0 Å². The van der Waals surface area contributed by atoms with Crippen LogP contribution < -0.4 is 10.6 Å². The van der Waals surface area contributed by atoms with E-state index in [9.17, 15) is 31.1 Å². The monoisotopic (exact) mass is 537 g/mol. The average molecular weight is 537 g/mol. The minimum atomic E-state index is -4.91. The Labute approximate surface area is 204 Å². The summed E-state index contributed by atoms with van der Waals surface area (Å²) in [5, 5.41) is 11.6. The molecule has 1 aliphatic rings. The first-order chi connectivity index (χ1) is 17.4. The molecule has 3 aromatic rings. The number of halogens is 6. The molecule has 4 rings (SSSR count). The average Bonchev–Trinajstić information content (AvgIpc) is 3.50. The van der Waals surface area contributed by atoms with Gasteiger partial charge in [-0.15, -0.1) is 13.2 Å². The highest BCUT2D eigenvalue weighted by Crippen LogP contribution is 2.34. The van der Waals surface area contributed by atoms with E-state index < -0.39 is 49.6 Å². The third kappa shape index (κ3) is 6.40. The SMILES string of the molecule is CC(C)NC(=O)O[C@@H]1CO[C@H](c2cc(Nc3nc(C(F)F)cc4nc(COC(F)(F)F)cn34)n[nH]2)[C@@H]1F. The third-order valence-corrected chi connectivity index (χ3v) is 5.02. The molecule has 0 saturated carbocycles. The lowest BCUT2D eigenvalue weighted by atomic mass is 10.1. The lowest BCUT2D eigenvalue weighted by Crippen LogP contribution is -2.36. The largest absolute Gasteiger partial charge is 0.522 e. The highest BCUT2D eigenvalue weighted by Gasteiger charge is 2.42. The number of anilines is 2. The zero-order chi connectivity index (χ0) is 26.9. The van der Waals surface area contributed by atoms with Crippen molar-refractivity contribution in [2.45, 2.75) is 57.7 Å². The smallest absolute Gasteiger partial charge is 0.441 e. The van der Waals surface area contributed by atoms with Gasteiger partial charge in [-0.3, -0.25) is 14.2 Å². The molecule has 0 unspecified atom stereocenters. The maximum atomic E-state index is 14.9. The topological polar surface area (TPSA) is 128 Å². The van der Waals surface area contributed by atoms with Gasteiger partial charge >= 0.3 is 12.5 Å². The molecule has 37 heavy (non-hydrogen) atoms. The summed E-state index contributed by atoms with van der Waals surface area (Å²) in [5.41, 5.74) is -0.853. The fourth-order valence-corrected chi connectivity index (χ4v) is 3.49. The standard InChI is InChI=1S/C20H21F6N7O4/c1-8(2)27-19(34)37-12-7-35-16(15(12)21)10-3-13(32-31-10)30-18-29-11(17(22)23)4-14-28-9(5-33(14)18)6-36-20(24,25)26/h3-5,8,12,15-17H,6-7H2,1-2H3,(H,27,34)(H2,29,30,31,32)/t12-,15-,16-/m1/s1. The Kier molecular flexibility index (Phi) is 7.44. The minimum absolute atomic E-state index is 0.00901. The van der Waals surface area contributed by atoms with E-state index in [2.05, 4.69) is 35.5 Å². The Morgan fingerprint density at radius 1 is 1.30 bits per heavy atom. The van der Waals surface area contributed by atoms with Crippen molar-refractivity contribution < 1.29 is 45.3 Å². The summed E-state index contributed by atoms with van der Waals surface area (Å²) in [6, 6.07) is 2.02. The van der Waals surface area contributed by atoms with Crippen LogP contribution in [0, 0.1) is 0 Å². The molecule has 0 aliphatic carbocycles. The number of alkyl carbamates (subject to hydrolysis) is 1. The number of carbonyl (C=O) groups excluding carboxylic acids is 1. The molecule has 4 heterocycles. The Morgan fingerprint density at radius 2 is 2.05 bits per heavy atom. The third-order valence-electron chi connectivity index (χ3n) is 5.02. The number of fused-ring (bicyclic) bond motifs is 1. The first-order valence-electron chi connectivity index (χ1n) is 10.8. The fraction of sp³-hybridized carbons (Fsp3) is 0.500. The van der Waals surface area contributed by atoms with Crippen LogP contribution in [-0.4, -0.2) is 61.9 Å². The second-order valence-corrected chi connectivity index (χ2v) is 8.27. The molecule has 0 aromatic carbocycles. The predicted molar refractivity (Wildman–Crippen MR) is 113 cm³/mol. The molecule has 1 fully saturated rings. The molecule has 3 N–H and O–H groups in total. The van der Waals surface area contributed by atoms with Crippen molar-refractivity contribution in [3.63, 3.8) is 0 Å². The number of hydrogen-bond donors (Lipinski definition) is 3. The zero-order valence-corrected chi connectivity index (χ0v) is 19.2. The van der Waals surface area contributed by atoms with Gasteiger partial charge in [0.1, 0.15) is 17.4 Å². The number of carbonyl (C=O) groups is 1. The van der Waals surface area contributed by atoms with E-state index in [1.54, 1.807) is 13.8 Å². The lowest BCUT2D eigenvalue weighted by Gasteiger charge is -2.16. The number of aromatic amines is 1. The van der Waals surface area contributed by atoms with Gasteiger partial charge < -0.3 is 20.1 Å². The normalized spacial score (nSPS) is 20.2. The Morgan fingerprint density at radius 3 is 2.73 bits per heavy atom. The number of nitrogens with one attached hydrogen (secondary N) is 3. The summed E-state index contributed by atoms with van der Waals surface area (Å²) in [6.07, 6.45) is -11.7. The summed E-state index contributed by atoms with van der Waals surface area (Å²) in [5.74, 6) is -0.234. The van der Waals surface area contributed by atoms with Gasteiger partial charge in [-0.05, 0) is 13.8 Å². The number of rotatable bonds is 8. The van der Waals surface area contributed by atoms with E-state index >= 15 is 0 Å². The summed E-state index contributed by atoms with van der Waals surface area (Å²) in [6.45, 7) is 2.26. The van der Waals surface area contributed by atoms with Crippen LogP contribution in [0.2, 0.25) is 0 Å². The van der Waals surface area contributed by atoms with Crippen molar-refractivity contribution in [1.82, 2.24) is 29.9 Å². The van der Waals surface area contributed by atoms with Gasteiger partial charge in [-0.1, -0.05) is 0 Å². The number of nitrogens with zero attached hydrogens (tertiary/aromatic N) is 4. The maximum absolute atomic E-state index is 14.9. The Balaban J connectivity index is 1.51. The number of H-pyrrole nitrogens is 1. The van der Waals surface area contributed by atoms with Crippen LogP contribution in [0.5, 0.6) is 0 Å². The van der Waals surface area contributed by atoms with Crippen molar-refractivity contribution >= 4 is 23.5 Å². The van der Waals surface area contributed by atoms with Gasteiger partial charge in [0.05, 0.1) is 24.6 Å². The lowest BCUT2D eigenvalue weighted by molar-refractivity contribution is -0.330.